The quantitative estimate of drug-likeness (QED) is 0.653. The summed E-state index contributed by atoms with van der Waals surface area (Å²) in [5.74, 6) is -0.433. The number of hydrogen-bond acceptors (Lipinski definition) is 6. The molecule has 0 bridgehead atoms. The van der Waals surface area contributed by atoms with E-state index in [2.05, 4.69) is 5.32 Å². The standard InChI is InChI=1S/C17H22N2O6/c1-17(2,3)25-16(22)18-12-13(15(21)24-5)19(14(12)20)10-6-8-11(23-4)9-7-10/h6-9,12-13H,1-5H3,(H,18,22)/t12-,13-/m0/s1. The lowest BCUT2D eigenvalue weighted by molar-refractivity contribution is -0.149. The van der Waals surface area contributed by atoms with Gasteiger partial charge in [-0.15, -0.1) is 0 Å². The number of rotatable bonds is 4. The van der Waals surface area contributed by atoms with Crippen LogP contribution in [0.3, 0.4) is 0 Å². The fraction of sp³-hybridized carbons (Fsp3) is 0.471. The van der Waals surface area contributed by atoms with Crippen LogP contribution in [0.5, 0.6) is 5.75 Å². The molecule has 0 spiro atoms. The minimum Gasteiger partial charge on any atom is -0.497 e. The number of alkyl carbamates (subject to hydrolysis) is 1. The van der Waals surface area contributed by atoms with Crippen molar-refractivity contribution < 1.29 is 28.6 Å². The Hall–Kier alpha value is -2.77. The predicted molar refractivity (Wildman–Crippen MR) is 89.4 cm³/mol. The highest BCUT2D eigenvalue weighted by Gasteiger charge is 2.54. The van der Waals surface area contributed by atoms with Gasteiger partial charge in [0, 0.05) is 5.69 Å². The van der Waals surface area contributed by atoms with Crippen molar-refractivity contribution in [2.24, 2.45) is 0 Å². The first-order valence-electron chi connectivity index (χ1n) is 7.72. The van der Waals surface area contributed by atoms with Crippen LogP contribution >= 0.6 is 0 Å². The Morgan fingerprint density at radius 3 is 2.20 bits per heavy atom. The molecular formula is C17H22N2O6. The van der Waals surface area contributed by atoms with E-state index in [4.69, 9.17) is 14.2 Å². The molecule has 1 aromatic carbocycles. The van der Waals surface area contributed by atoms with E-state index in [0.29, 0.717) is 11.4 Å². The second-order valence-electron chi connectivity index (χ2n) is 6.50. The molecule has 1 aromatic rings. The Bertz CT molecular complexity index is 665. The van der Waals surface area contributed by atoms with Gasteiger partial charge in [-0.2, -0.15) is 0 Å². The lowest BCUT2D eigenvalue weighted by Crippen LogP contribution is -2.74. The van der Waals surface area contributed by atoms with Crippen LogP contribution in [0.2, 0.25) is 0 Å². The van der Waals surface area contributed by atoms with Crippen LogP contribution in [0.25, 0.3) is 0 Å². The second-order valence-corrected chi connectivity index (χ2v) is 6.50. The van der Waals surface area contributed by atoms with Gasteiger partial charge >= 0.3 is 12.1 Å². The number of amides is 2. The van der Waals surface area contributed by atoms with Gasteiger partial charge in [-0.3, -0.25) is 9.69 Å². The van der Waals surface area contributed by atoms with E-state index in [1.807, 2.05) is 0 Å². The molecule has 25 heavy (non-hydrogen) atoms. The third-order valence-corrected chi connectivity index (χ3v) is 3.56. The number of nitrogens with one attached hydrogen (secondary N) is 1. The molecule has 1 fully saturated rings. The maximum Gasteiger partial charge on any atom is 0.408 e. The van der Waals surface area contributed by atoms with E-state index in [1.165, 1.54) is 19.1 Å². The zero-order chi connectivity index (χ0) is 18.8. The van der Waals surface area contributed by atoms with Crippen molar-refractivity contribution >= 4 is 23.7 Å². The SMILES string of the molecule is COC(=O)[C@@H]1[C@H](NC(=O)OC(C)(C)C)C(=O)N1c1ccc(OC)cc1. The Morgan fingerprint density at radius 1 is 1.12 bits per heavy atom. The lowest BCUT2D eigenvalue weighted by Gasteiger charge is -2.45. The minimum absolute atomic E-state index is 0.425. The third kappa shape index (κ3) is 4.01. The number of hydrogen-bond donors (Lipinski definition) is 1. The summed E-state index contributed by atoms with van der Waals surface area (Å²) in [6.07, 6.45) is -0.769. The van der Waals surface area contributed by atoms with Gasteiger partial charge in [0.25, 0.3) is 5.91 Å². The zero-order valence-electron chi connectivity index (χ0n) is 14.9. The fourth-order valence-electron chi connectivity index (χ4n) is 2.46. The van der Waals surface area contributed by atoms with Crippen LogP contribution in [-0.4, -0.2) is 49.9 Å². The average Bonchev–Trinajstić information content (AvgIpc) is 2.55. The topological polar surface area (TPSA) is 94.2 Å². The van der Waals surface area contributed by atoms with E-state index < -0.39 is 35.7 Å². The lowest BCUT2D eigenvalue weighted by atomic mass is 9.94. The molecule has 1 saturated heterocycles. The number of anilines is 1. The van der Waals surface area contributed by atoms with Crippen molar-refractivity contribution in [3.8, 4) is 5.75 Å². The van der Waals surface area contributed by atoms with Gasteiger partial charge in [0.05, 0.1) is 14.2 Å². The summed E-state index contributed by atoms with van der Waals surface area (Å²) < 4.78 is 15.0. The number of carbonyl (C=O) groups is 3. The first-order valence-corrected chi connectivity index (χ1v) is 7.72. The molecule has 0 saturated carbocycles. The van der Waals surface area contributed by atoms with Crippen molar-refractivity contribution in [3.63, 3.8) is 0 Å². The number of methoxy groups -OCH3 is 2. The fourth-order valence-corrected chi connectivity index (χ4v) is 2.46. The van der Waals surface area contributed by atoms with Crippen molar-refractivity contribution in [3.05, 3.63) is 24.3 Å². The van der Waals surface area contributed by atoms with Gasteiger partial charge in [0.1, 0.15) is 17.4 Å². The number of carbonyl (C=O) groups excluding carboxylic acids is 3. The van der Waals surface area contributed by atoms with E-state index in [9.17, 15) is 14.4 Å². The average molecular weight is 350 g/mol. The summed E-state index contributed by atoms with van der Waals surface area (Å²) in [4.78, 5) is 37.7. The maximum absolute atomic E-state index is 12.5. The molecule has 2 amide bonds. The number of β-lactam (4-membered cyclic amide) rings is 1. The van der Waals surface area contributed by atoms with Gasteiger partial charge in [0.15, 0.2) is 6.04 Å². The van der Waals surface area contributed by atoms with Crippen molar-refractivity contribution in [1.82, 2.24) is 5.32 Å². The first-order chi connectivity index (χ1) is 11.7. The number of ether oxygens (including phenoxy) is 3. The molecule has 1 N–H and O–H groups in total. The Morgan fingerprint density at radius 2 is 1.72 bits per heavy atom. The van der Waals surface area contributed by atoms with Crippen LogP contribution < -0.4 is 15.0 Å². The Kier molecular flexibility index (Phi) is 5.20. The molecule has 136 valence electrons. The molecular weight excluding hydrogens is 328 g/mol. The zero-order valence-corrected chi connectivity index (χ0v) is 14.9. The molecule has 8 nitrogen and oxygen atoms in total. The molecule has 2 rings (SSSR count). The molecule has 8 heteroatoms. The minimum atomic E-state index is -1.04. The predicted octanol–water partition coefficient (Wildman–Crippen LogP) is 1.48. The van der Waals surface area contributed by atoms with Crippen LogP contribution in [0.1, 0.15) is 20.8 Å². The van der Waals surface area contributed by atoms with E-state index in [0.717, 1.165) is 0 Å². The maximum atomic E-state index is 12.5. The number of esters is 1. The molecule has 0 aromatic heterocycles. The number of benzene rings is 1. The molecule has 1 aliphatic rings. The summed E-state index contributed by atoms with van der Waals surface area (Å²) in [6.45, 7) is 5.11. The first kappa shape index (κ1) is 18.6. The monoisotopic (exact) mass is 350 g/mol. The molecule has 1 heterocycles. The van der Waals surface area contributed by atoms with Crippen molar-refractivity contribution in [1.29, 1.82) is 0 Å². The molecule has 1 aliphatic heterocycles. The highest BCUT2D eigenvalue weighted by molar-refractivity contribution is 6.14. The summed E-state index contributed by atoms with van der Waals surface area (Å²) >= 11 is 0. The summed E-state index contributed by atoms with van der Waals surface area (Å²) in [5.41, 5.74) is -0.212. The van der Waals surface area contributed by atoms with Crippen molar-refractivity contribution in [2.45, 2.75) is 38.5 Å². The summed E-state index contributed by atoms with van der Waals surface area (Å²) in [6, 6.07) is 4.65. The van der Waals surface area contributed by atoms with Crippen LogP contribution in [0.15, 0.2) is 24.3 Å². The van der Waals surface area contributed by atoms with Gasteiger partial charge in [-0.25, -0.2) is 9.59 Å². The largest absolute Gasteiger partial charge is 0.497 e. The molecule has 0 radical (unpaired) electrons. The molecule has 2 atom stereocenters. The Balaban J connectivity index is 2.18. The Labute approximate surface area is 146 Å². The highest BCUT2D eigenvalue weighted by Crippen LogP contribution is 2.30. The van der Waals surface area contributed by atoms with Gasteiger partial charge in [-0.05, 0) is 45.0 Å². The van der Waals surface area contributed by atoms with Crippen LogP contribution in [0.4, 0.5) is 10.5 Å². The van der Waals surface area contributed by atoms with Crippen LogP contribution in [0, 0.1) is 0 Å². The van der Waals surface area contributed by atoms with Gasteiger partial charge < -0.3 is 19.5 Å². The van der Waals surface area contributed by atoms with Gasteiger partial charge in [0.2, 0.25) is 0 Å². The van der Waals surface area contributed by atoms with E-state index >= 15 is 0 Å². The molecule has 0 aliphatic carbocycles. The molecule has 0 unspecified atom stereocenters. The highest BCUT2D eigenvalue weighted by atomic mass is 16.6. The smallest absolute Gasteiger partial charge is 0.408 e. The van der Waals surface area contributed by atoms with Gasteiger partial charge in [-0.1, -0.05) is 0 Å². The third-order valence-electron chi connectivity index (χ3n) is 3.56. The van der Waals surface area contributed by atoms with Crippen LogP contribution in [-0.2, 0) is 19.1 Å². The normalized spacial score (nSPS) is 19.7. The second kappa shape index (κ2) is 7.00. The summed E-state index contributed by atoms with van der Waals surface area (Å²) in [7, 11) is 2.75. The van der Waals surface area contributed by atoms with Crippen molar-refractivity contribution in [2.75, 3.05) is 19.1 Å². The van der Waals surface area contributed by atoms with E-state index in [-0.39, 0.29) is 0 Å². The van der Waals surface area contributed by atoms with E-state index in [1.54, 1.807) is 45.0 Å². The number of nitrogens with zero attached hydrogens (tertiary/aromatic N) is 1. The summed E-state index contributed by atoms with van der Waals surface area (Å²) in [5, 5.41) is 2.43.